The average Bonchev–Trinajstić information content (AvgIpc) is 2.75. The van der Waals surface area contributed by atoms with Gasteiger partial charge in [0.1, 0.15) is 16.8 Å². The number of nitrogens with zero attached hydrogens (tertiary/aromatic N) is 3. The van der Waals surface area contributed by atoms with Crippen molar-refractivity contribution in [3.63, 3.8) is 0 Å². The molecule has 7 heteroatoms. The number of hydrogen-bond donors (Lipinski definition) is 2. The molecule has 0 aliphatic carbocycles. The van der Waals surface area contributed by atoms with E-state index in [1.165, 1.54) is 10.5 Å². The molecule has 0 atom stereocenters. The normalized spacial score (nSPS) is 11.1. The second-order valence-corrected chi connectivity index (χ2v) is 7.31. The third kappa shape index (κ3) is 3.50. The van der Waals surface area contributed by atoms with Gasteiger partial charge in [0.25, 0.3) is 11.5 Å². The number of rotatable bonds is 5. The van der Waals surface area contributed by atoms with Gasteiger partial charge in [-0.3, -0.25) is 19.4 Å². The standard InChI is InChI=1S/C23H23N5O2/c1-3-11-28-20(24)17(22(29)25-14-16-9-7-15(2)8-10-16)13-18-21(28)26-19-6-4-5-12-27(19)23(18)30/h4-10,12-13,24H,3,11,14H2,1-2H3,(H,25,29). The first-order chi connectivity index (χ1) is 14.5. The van der Waals surface area contributed by atoms with Gasteiger partial charge in [0.05, 0.1) is 10.9 Å². The highest BCUT2D eigenvalue weighted by Gasteiger charge is 2.17. The van der Waals surface area contributed by atoms with Crippen LogP contribution >= 0.6 is 0 Å². The van der Waals surface area contributed by atoms with Gasteiger partial charge >= 0.3 is 0 Å². The monoisotopic (exact) mass is 401 g/mol. The molecule has 4 rings (SSSR count). The van der Waals surface area contributed by atoms with E-state index < -0.39 is 0 Å². The number of benzene rings is 1. The zero-order valence-electron chi connectivity index (χ0n) is 17.0. The summed E-state index contributed by atoms with van der Waals surface area (Å²) >= 11 is 0. The Morgan fingerprint density at radius 2 is 1.93 bits per heavy atom. The van der Waals surface area contributed by atoms with E-state index in [2.05, 4.69) is 10.3 Å². The number of hydrogen-bond acceptors (Lipinski definition) is 4. The Hall–Kier alpha value is -3.74. The molecular weight excluding hydrogens is 378 g/mol. The fourth-order valence-electron chi connectivity index (χ4n) is 3.48. The Morgan fingerprint density at radius 1 is 1.17 bits per heavy atom. The summed E-state index contributed by atoms with van der Waals surface area (Å²) in [7, 11) is 0. The van der Waals surface area contributed by atoms with Gasteiger partial charge in [0, 0.05) is 19.3 Å². The molecule has 30 heavy (non-hydrogen) atoms. The second-order valence-electron chi connectivity index (χ2n) is 7.31. The number of amides is 1. The molecule has 0 aliphatic rings. The number of fused-ring (bicyclic) bond motifs is 2. The molecule has 1 aromatic carbocycles. The van der Waals surface area contributed by atoms with Gasteiger partial charge in [-0.05, 0) is 37.1 Å². The first kappa shape index (κ1) is 19.6. The van der Waals surface area contributed by atoms with Crippen LogP contribution in [0.1, 0.15) is 34.8 Å². The van der Waals surface area contributed by atoms with E-state index in [1.807, 2.05) is 44.2 Å². The first-order valence-electron chi connectivity index (χ1n) is 9.93. The molecule has 1 amide bonds. The van der Waals surface area contributed by atoms with Crippen LogP contribution in [0.3, 0.4) is 0 Å². The molecule has 0 radical (unpaired) electrons. The van der Waals surface area contributed by atoms with Crippen molar-refractivity contribution in [3.8, 4) is 0 Å². The zero-order valence-corrected chi connectivity index (χ0v) is 17.0. The maximum Gasteiger partial charge on any atom is 0.267 e. The van der Waals surface area contributed by atoms with Crippen LogP contribution in [0.2, 0.25) is 0 Å². The summed E-state index contributed by atoms with van der Waals surface area (Å²) in [5.41, 5.74) is 3.01. The number of aryl methyl sites for hydroxylation is 2. The van der Waals surface area contributed by atoms with Crippen LogP contribution in [-0.4, -0.2) is 19.9 Å². The van der Waals surface area contributed by atoms with Crippen molar-refractivity contribution < 1.29 is 4.79 Å². The van der Waals surface area contributed by atoms with Crippen molar-refractivity contribution in [1.82, 2.24) is 19.3 Å². The molecule has 0 spiro atoms. The van der Waals surface area contributed by atoms with Crippen molar-refractivity contribution in [2.75, 3.05) is 0 Å². The largest absolute Gasteiger partial charge is 0.348 e. The van der Waals surface area contributed by atoms with Crippen LogP contribution in [0.25, 0.3) is 16.7 Å². The number of carbonyl (C=O) groups excluding carboxylic acids is 1. The minimum atomic E-state index is -0.384. The molecule has 4 aromatic rings. The molecule has 152 valence electrons. The fourth-order valence-corrected chi connectivity index (χ4v) is 3.48. The molecule has 0 bridgehead atoms. The predicted molar refractivity (Wildman–Crippen MR) is 115 cm³/mol. The minimum absolute atomic E-state index is 0.0536. The quantitative estimate of drug-likeness (QED) is 0.504. The van der Waals surface area contributed by atoms with Crippen molar-refractivity contribution >= 4 is 22.6 Å². The third-order valence-corrected chi connectivity index (χ3v) is 5.08. The molecular formula is C23H23N5O2. The molecule has 0 unspecified atom stereocenters. The Morgan fingerprint density at radius 3 is 2.67 bits per heavy atom. The van der Waals surface area contributed by atoms with Gasteiger partial charge in [-0.15, -0.1) is 0 Å². The molecule has 2 N–H and O–H groups in total. The molecule has 3 heterocycles. The SMILES string of the molecule is CCCn1c(=N)c(C(=O)NCc2ccc(C)cc2)cc2c(=O)n3ccccc3nc21. The van der Waals surface area contributed by atoms with Crippen molar-refractivity contribution in [2.24, 2.45) is 0 Å². The minimum Gasteiger partial charge on any atom is -0.348 e. The van der Waals surface area contributed by atoms with Crippen LogP contribution in [-0.2, 0) is 13.1 Å². The van der Waals surface area contributed by atoms with Gasteiger partial charge in [-0.1, -0.05) is 42.8 Å². The first-order valence-corrected chi connectivity index (χ1v) is 9.93. The van der Waals surface area contributed by atoms with E-state index in [4.69, 9.17) is 5.41 Å². The topological polar surface area (TPSA) is 92.2 Å². The lowest BCUT2D eigenvalue weighted by Gasteiger charge is -2.14. The van der Waals surface area contributed by atoms with E-state index in [0.717, 1.165) is 17.5 Å². The van der Waals surface area contributed by atoms with Crippen molar-refractivity contribution in [1.29, 1.82) is 5.41 Å². The van der Waals surface area contributed by atoms with E-state index in [0.29, 0.717) is 29.8 Å². The van der Waals surface area contributed by atoms with Gasteiger partial charge in [0.2, 0.25) is 0 Å². The Labute approximate surface area is 173 Å². The molecule has 0 aliphatic heterocycles. The highest BCUT2D eigenvalue weighted by atomic mass is 16.1. The van der Waals surface area contributed by atoms with E-state index in [1.54, 1.807) is 22.9 Å². The van der Waals surface area contributed by atoms with E-state index in [9.17, 15) is 9.59 Å². The van der Waals surface area contributed by atoms with Crippen molar-refractivity contribution in [3.05, 3.63) is 87.3 Å². The molecule has 0 saturated carbocycles. The summed E-state index contributed by atoms with van der Waals surface area (Å²) < 4.78 is 3.10. The molecule has 7 nitrogen and oxygen atoms in total. The second kappa shape index (κ2) is 7.94. The Balaban J connectivity index is 1.82. The zero-order chi connectivity index (χ0) is 21.3. The highest BCUT2D eigenvalue weighted by molar-refractivity contribution is 5.96. The maximum atomic E-state index is 13.1. The van der Waals surface area contributed by atoms with Crippen LogP contribution < -0.4 is 16.4 Å². The summed E-state index contributed by atoms with van der Waals surface area (Å²) in [6, 6.07) is 14.7. The smallest absolute Gasteiger partial charge is 0.267 e. The van der Waals surface area contributed by atoms with Gasteiger partial charge in [-0.2, -0.15) is 0 Å². The van der Waals surface area contributed by atoms with Gasteiger partial charge in [-0.25, -0.2) is 4.98 Å². The molecule has 3 aromatic heterocycles. The summed E-state index contributed by atoms with van der Waals surface area (Å²) in [5.74, 6) is -0.384. The lowest BCUT2D eigenvalue weighted by Crippen LogP contribution is -2.34. The predicted octanol–water partition coefficient (Wildman–Crippen LogP) is 2.78. The summed E-state index contributed by atoms with van der Waals surface area (Å²) in [6.45, 7) is 4.83. The maximum absolute atomic E-state index is 13.1. The van der Waals surface area contributed by atoms with Crippen LogP contribution in [0.15, 0.2) is 59.5 Å². The summed E-state index contributed by atoms with van der Waals surface area (Å²) in [6.07, 6.45) is 2.40. The van der Waals surface area contributed by atoms with Crippen molar-refractivity contribution in [2.45, 2.75) is 33.4 Å². The Bertz CT molecular complexity index is 1370. The van der Waals surface area contributed by atoms with Gasteiger partial charge < -0.3 is 9.88 Å². The Kier molecular flexibility index (Phi) is 5.18. The van der Waals surface area contributed by atoms with Gasteiger partial charge in [0.15, 0.2) is 0 Å². The summed E-state index contributed by atoms with van der Waals surface area (Å²) in [4.78, 5) is 30.6. The lowest BCUT2D eigenvalue weighted by atomic mass is 10.1. The van der Waals surface area contributed by atoms with E-state index in [-0.39, 0.29) is 22.5 Å². The van der Waals surface area contributed by atoms with Crippen LogP contribution in [0, 0.1) is 12.3 Å². The lowest BCUT2D eigenvalue weighted by molar-refractivity contribution is 0.0948. The number of nitrogens with one attached hydrogen (secondary N) is 2. The van der Waals surface area contributed by atoms with E-state index >= 15 is 0 Å². The summed E-state index contributed by atoms with van der Waals surface area (Å²) in [5, 5.41) is 11.8. The highest BCUT2D eigenvalue weighted by Crippen LogP contribution is 2.11. The number of pyridine rings is 2. The molecule has 0 saturated heterocycles. The van der Waals surface area contributed by atoms with Crippen LogP contribution in [0.5, 0.6) is 0 Å². The average molecular weight is 401 g/mol. The number of carbonyl (C=O) groups is 1. The van der Waals surface area contributed by atoms with Crippen LogP contribution in [0.4, 0.5) is 0 Å². The fraction of sp³-hybridized carbons (Fsp3) is 0.217. The molecule has 0 fully saturated rings. The third-order valence-electron chi connectivity index (χ3n) is 5.08. The number of aromatic nitrogens is 3.